The summed E-state index contributed by atoms with van der Waals surface area (Å²) in [4.78, 5) is 7.65. The monoisotopic (exact) mass is 312 g/mol. The van der Waals surface area contributed by atoms with Crippen LogP contribution < -0.4 is 0 Å². The molecule has 0 radical (unpaired) electrons. The van der Waals surface area contributed by atoms with E-state index in [4.69, 9.17) is 16.0 Å². The van der Waals surface area contributed by atoms with Gasteiger partial charge in [-0.3, -0.25) is 4.90 Å². The quantitative estimate of drug-likeness (QED) is 0.918. The lowest BCUT2D eigenvalue weighted by Gasteiger charge is -2.25. The zero-order chi connectivity index (χ0) is 13.9. The van der Waals surface area contributed by atoms with Gasteiger partial charge in [-0.25, -0.2) is 4.98 Å². The molecule has 2 aromatic heterocycles. The summed E-state index contributed by atoms with van der Waals surface area (Å²) < 4.78 is 5.86. The molecule has 1 aliphatic rings. The van der Waals surface area contributed by atoms with Crippen LogP contribution in [0.1, 0.15) is 36.0 Å². The average molecular weight is 313 g/mol. The summed E-state index contributed by atoms with van der Waals surface area (Å²) in [5.74, 6) is 0.651. The number of nitrogens with zero attached hydrogens (tertiary/aromatic N) is 2. The molecule has 2 atom stereocenters. The Morgan fingerprint density at radius 3 is 3.20 bits per heavy atom. The van der Waals surface area contributed by atoms with Crippen molar-refractivity contribution in [2.75, 3.05) is 6.54 Å². The standard InChI is InChI=1S/C14H17ClN2O2S/c15-14-16-8-11(20-14)9-17-5-1-3-10(17)7-12(18)13-4-2-6-19-13/h2,4,6,8,10,12,18H,1,3,5,7,9H2. The van der Waals surface area contributed by atoms with Gasteiger partial charge in [0.15, 0.2) is 4.47 Å². The van der Waals surface area contributed by atoms with Gasteiger partial charge in [0, 0.05) is 23.7 Å². The second kappa shape index (κ2) is 6.26. The lowest BCUT2D eigenvalue weighted by atomic mass is 10.1. The molecule has 0 amide bonds. The van der Waals surface area contributed by atoms with Gasteiger partial charge in [0.1, 0.15) is 11.9 Å². The molecule has 1 saturated heterocycles. The van der Waals surface area contributed by atoms with Gasteiger partial charge < -0.3 is 9.52 Å². The zero-order valence-corrected chi connectivity index (χ0v) is 12.6. The first-order valence-corrected chi connectivity index (χ1v) is 7.97. The highest BCUT2D eigenvalue weighted by atomic mass is 35.5. The smallest absolute Gasteiger partial charge is 0.183 e. The van der Waals surface area contributed by atoms with Gasteiger partial charge in [-0.1, -0.05) is 11.6 Å². The van der Waals surface area contributed by atoms with Crippen molar-refractivity contribution in [1.29, 1.82) is 0 Å². The van der Waals surface area contributed by atoms with Crippen molar-refractivity contribution < 1.29 is 9.52 Å². The van der Waals surface area contributed by atoms with Crippen LogP contribution in [0.4, 0.5) is 0 Å². The Hall–Kier alpha value is -0.880. The minimum atomic E-state index is -0.527. The summed E-state index contributed by atoms with van der Waals surface area (Å²) in [7, 11) is 0. The van der Waals surface area contributed by atoms with E-state index in [1.165, 1.54) is 22.6 Å². The first kappa shape index (κ1) is 14.1. The Bertz CT molecular complexity index is 543. The van der Waals surface area contributed by atoms with E-state index in [-0.39, 0.29) is 0 Å². The third kappa shape index (κ3) is 3.23. The van der Waals surface area contributed by atoms with Crippen molar-refractivity contribution in [3.05, 3.63) is 39.7 Å². The number of thiazole rings is 1. The number of aliphatic hydroxyl groups excluding tert-OH is 1. The maximum atomic E-state index is 10.2. The molecule has 2 unspecified atom stereocenters. The van der Waals surface area contributed by atoms with Gasteiger partial charge in [-0.15, -0.1) is 11.3 Å². The molecular formula is C14H17ClN2O2S. The van der Waals surface area contributed by atoms with Crippen LogP contribution in [0.25, 0.3) is 0 Å². The lowest BCUT2D eigenvalue weighted by Crippen LogP contribution is -2.30. The molecule has 108 valence electrons. The van der Waals surface area contributed by atoms with Crippen molar-refractivity contribution in [3.8, 4) is 0 Å². The first-order valence-electron chi connectivity index (χ1n) is 6.78. The molecule has 20 heavy (non-hydrogen) atoms. The molecule has 3 rings (SSSR count). The largest absolute Gasteiger partial charge is 0.467 e. The van der Waals surface area contributed by atoms with Crippen LogP contribution in [0.3, 0.4) is 0 Å². The predicted molar refractivity (Wildman–Crippen MR) is 78.8 cm³/mol. The summed E-state index contributed by atoms with van der Waals surface area (Å²) in [6.45, 7) is 1.92. The number of aliphatic hydroxyl groups is 1. The van der Waals surface area contributed by atoms with Gasteiger partial charge in [0.05, 0.1) is 6.26 Å². The molecule has 2 aromatic rings. The second-order valence-corrected chi connectivity index (χ2v) is 6.81. The molecule has 6 heteroatoms. The fourth-order valence-corrected chi connectivity index (χ4v) is 3.79. The minimum Gasteiger partial charge on any atom is -0.467 e. The predicted octanol–water partition coefficient (Wildman–Crippen LogP) is 3.48. The van der Waals surface area contributed by atoms with Crippen LogP contribution in [0.2, 0.25) is 4.47 Å². The van der Waals surface area contributed by atoms with Crippen LogP contribution >= 0.6 is 22.9 Å². The highest BCUT2D eigenvalue weighted by molar-refractivity contribution is 7.15. The Balaban J connectivity index is 1.60. The molecule has 1 aliphatic heterocycles. The molecule has 0 aromatic carbocycles. The number of rotatable bonds is 5. The van der Waals surface area contributed by atoms with Crippen molar-refractivity contribution in [3.63, 3.8) is 0 Å². The number of hydrogen-bond donors (Lipinski definition) is 1. The molecule has 3 heterocycles. The number of furan rings is 1. The van der Waals surface area contributed by atoms with Crippen LogP contribution in [-0.2, 0) is 6.54 Å². The Kier molecular flexibility index (Phi) is 4.41. The van der Waals surface area contributed by atoms with E-state index < -0.39 is 6.10 Å². The van der Waals surface area contributed by atoms with E-state index in [1.54, 1.807) is 6.26 Å². The topological polar surface area (TPSA) is 49.5 Å². The number of hydrogen-bond acceptors (Lipinski definition) is 5. The maximum Gasteiger partial charge on any atom is 0.183 e. The molecule has 1 N–H and O–H groups in total. The fraction of sp³-hybridized carbons (Fsp3) is 0.500. The minimum absolute atomic E-state index is 0.385. The van der Waals surface area contributed by atoms with E-state index in [9.17, 15) is 5.11 Å². The molecular weight excluding hydrogens is 296 g/mol. The first-order chi connectivity index (χ1) is 9.72. The molecule has 0 spiro atoms. The van der Waals surface area contributed by atoms with E-state index in [0.717, 1.165) is 19.5 Å². The van der Waals surface area contributed by atoms with E-state index in [2.05, 4.69) is 9.88 Å². The van der Waals surface area contributed by atoms with Gasteiger partial charge in [0.2, 0.25) is 0 Å². The molecule has 0 bridgehead atoms. The molecule has 4 nitrogen and oxygen atoms in total. The normalized spacial score (nSPS) is 21.4. The van der Waals surface area contributed by atoms with Crippen LogP contribution in [0, 0.1) is 0 Å². The second-order valence-electron chi connectivity index (χ2n) is 5.11. The van der Waals surface area contributed by atoms with Crippen LogP contribution in [0.5, 0.6) is 0 Å². The molecule has 0 saturated carbocycles. The zero-order valence-electron chi connectivity index (χ0n) is 11.0. The summed E-state index contributed by atoms with van der Waals surface area (Å²) >= 11 is 7.40. The summed E-state index contributed by atoms with van der Waals surface area (Å²) in [6, 6.07) is 4.02. The Morgan fingerprint density at radius 1 is 1.60 bits per heavy atom. The molecule has 0 aliphatic carbocycles. The fourth-order valence-electron chi connectivity index (χ4n) is 2.78. The average Bonchev–Trinajstić information content (AvgIpc) is 3.13. The van der Waals surface area contributed by atoms with Gasteiger partial charge in [-0.2, -0.15) is 0 Å². The van der Waals surface area contributed by atoms with Gasteiger partial charge >= 0.3 is 0 Å². The lowest BCUT2D eigenvalue weighted by molar-refractivity contribution is 0.0998. The number of halogens is 1. The maximum absolute atomic E-state index is 10.2. The molecule has 1 fully saturated rings. The Labute approximate surface area is 127 Å². The third-order valence-electron chi connectivity index (χ3n) is 3.75. The van der Waals surface area contributed by atoms with Crippen molar-refractivity contribution >= 4 is 22.9 Å². The number of aromatic nitrogens is 1. The third-order valence-corrected chi connectivity index (χ3v) is 4.85. The number of likely N-dealkylation sites (tertiary alicyclic amines) is 1. The Morgan fingerprint density at radius 2 is 2.50 bits per heavy atom. The van der Waals surface area contributed by atoms with Gasteiger partial charge in [0.25, 0.3) is 0 Å². The highest BCUT2D eigenvalue weighted by Gasteiger charge is 2.28. The van der Waals surface area contributed by atoms with Crippen LogP contribution in [-0.4, -0.2) is 27.6 Å². The van der Waals surface area contributed by atoms with E-state index >= 15 is 0 Å². The van der Waals surface area contributed by atoms with Gasteiger partial charge in [-0.05, 0) is 37.9 Å². The van der Waals surface area contributed by atoms with Crippen molar-refractivity contribution in [1.82, 2.24) is 9.88 Å². The summed E-state index contributed by atoms with van der Waals surface area (Å²) in [6.07, 6.45) is 5.91. The summed E-state index contributed by atoms with van der Waals surface area (Å²) in [5, 5.41) is 10.2. The van der Waals surface area contributed by atoms with E-state index in [1.807, 2.05) is 18.3 Å². The van der Waals surface area contributed by atoms with Crippen molar-refractivity contribution in [2.45, 2.75) is 38.0 Å². The van der Waals surface area contributed by atoms with Crippen molar-refractivity contribution in [2.24, 2.45) is 0 Å². The van der Waals surface area contributed by atoms with E-state index in [0.29, 0.717) is 22.7 Å². The summed E-state index contributed by atoms with van der Waals surface area (Å²) in [5.41, 5.74) is 0. The SMILES string of the molecule is OC(CC1CCCN1Cc1cnc(Cl)s1)c1ccco1. The highest BCUT2D eigenvalue weighted by Crippen LogP contribution is 2.30. The van der Waals surface area contributed by atoms with Crippen LogP contribution in [0.15, 0.2) is 29.0 Å².